The number of carbonyl (C=O) groups excluding carboxylic acids is 2. The zero-order chi connectivity index (χ0) is 19.6. The van der Waals surface area contributed by atoms with E-state index < -0.39 is 35.1 Å². The van der Waals surface area contributed by atoms with Crippen LogP contribution in [0.2, 0.25) is 0 Å². The van der Waals surface area contributed by atoms with Gasteiger partial charge >= 0.3 is 0 Å². The summed E-state index contributed by atoms with van der Waals surface area (Å²) in [5.41, 5.74) is -0.101. The van der Waals surface area contributed by atoms with E-state index in [1.165, 1.54) is 20.3 Å². The lowest BCUT2D eigenvalue weighted by atomic mass is 10.2. The Morgan fingerprint density at radius 2 is 1.59 bits per heavy atom. The standard InChI is InChI=1S/C19H18F2N2O4/c1-26-10-6-7-16(27-2)15(8-10)22-18(24)11-9-12(11)19(25)23-17-13(20)4-3-5-14(17)21/h3-8,11-12H,9H2,1-2H3,(H,22,24)(H,23,25). The van der Waals surface area contributed by atoms with Gasteiger partial charge in [-0.3, -0.25) is 9.59 Å². The lowest BCUT2D eigenvalue weighted by Gasteiger charge is -2.12. The Morgan fingerprint density at radius 1 is 0.963 bits per heavy atom. The predicted octanol–water partition coefficient (Wildman–Crippen LogP) is 3.20. The smallest absolute Gasteiger partial charge is 0.228 e. The number of ether oxygens (including phenoxy) is 2. The molecule has 27 heavy (non-hydrogen) atoms. The third-order valence-electron chi connectivity index (χ3n) is 4.34. The molecule has 0 radical (unpaired) electrons. The molecule has 0 saturated heterocycles. The highest BCUT2D eigenvalue weighted by molar-refractivity contribution is 6.03. The zero-order valence-corrected chi connectivity index (χ0v) is 14.7. The zero-order valence-electron chi connectivity index (χ0n) is 14.7. The maximum Gasteiger partial charge on any atom is 0.228 e. The van der Waals surface area contributed by atoms with Crippen LogP contribution in [0.5, 0.6) is 11.5 Å². The van der Waals surface area contributed by atoms with Crippen molar-refractivity contribution in [1.29, 1.82) is 0 Å². The summed E-state index contributed by atoms with van der Waals surface area (Å²) < 4.78 is 37.6. The number of anilines is 2. The molecule has 1 saturated carbocycles. The van der Waals surface area contributed by atoms with Gasteiger partial charge in [-0.15, -0.1) is 0 Å². The van der Waals surface area contributed by atoms with Gasteiger partial charge in [0.25, 0.3) is 0 Å². The molecule has 1 aliphatic carbocycles. The normalized spacial score (nSPS) is 17.8. The van der Waals surface area contributed by atoms with Crippen molar-refractivity contribution in [3.63, 3.8) is 0 Å². The van der Waals surface area contributed by atoms with Crippen molar-refractivity contribution in [2.75, 3.05) is 24.9 Å². The topological polar surface area (TPSA) is 76.7 Å². The molecule has 142 valence electrons. The second-order valence-corrected chi connectivity index (χ2v) is 6.09. The van der Waals surface area contributed by atoms with Gasteiger partial charge in [-0.05, 0) is 30.7 Å². The maximum atomic E-state index is 13.6. The van der Waals surface area contributed by atoms with Gasteiger partial charge in [-0.1, -0.05) is 6.07 Å². The van der Waals surface area contributed by atoms with Crippen LogP contribution in [-0.2, 0) is 9.59 Å². The first-order valence-electron chi connectivity index (χ1n) is 8.22. The van der Waals surface area contributed by atoms with Crippen LogP contribution in [0.1, 0.15) is 6.42 Å². The Morgan fingerprint density at radius 3 is 2.19 bits per heavy atom. The van der Waals surface area contributed by atoms with E-state index in [9.17, 15) is 18.4 Å². The Hall–Kier alpha value is -3.16. The summed E-state index contributed by atoms with van der Waals surface area (Å²) in [6.45, 7) is 0. The Bertz CT molecular complexity index is 868. The number of rotatable bonds is 6. The monoisotopic (exact) mass is 376 g/mol. The lowest BCUT2D eigenvalue weighted by Crippen LogP contribution is -2.21. The van der Waals surface area contributed by atoms with E-state index in [0.717, 1.165) is 12.1 Å². The Kier molecular flexibility index (Phi) is 5.25. The van der Waals surface area contributed by atoms with E-state index >= 15 is 0 Å². The van der Waals surface area contributed by atoms with Crippen molar-refractivity contribution in [3.05, 3.63) is 48.0 Å². The third kappa shape index (κ3) is 3.99. The molecular weight excluding hydrogens is 358 g/mol. The van der Waals surface area contributed by atoms with E-state index in [0.29, 0.717) is 23.6 Å². The summed E-state index contributed by atoms with van der Waals surface area (Å²) in [4.78, 5) is 24.6. The molecular formula is C19H18F2N2O4. The van der Waals surface area contributed by atoms with Crippen molar-refractivity contribution in [3.8, 4) is 11.5 Å². The van der Waals surface area contributed by atoms with Crippen molar-refractivity contribution in [2.24, 2.45) is 11.8 Å². The molecule has 2 N–H and O–H groups in total. The Balaban J connectivity index is 1.65. The van der Waals surface area contributed by atoms with E-state index in [2.05, 4.69) is 10.6 Å². The first kappa shape index (κ1) is 18.6. The first-order valence-corrected chi connectivity index (χ1v) is 8.22. The van der Waals surface area contributed by atoms with Crippen LogP contribution < -0.4 is 20.1 Å². The average molecular weight is 376 g/mol. The van der Waals surface area contributed by atoms with E-state index in [1.54, 1.807) is 18.2 Å². The van der Waals surface area contributed by atoms with E-state index in [-0.39, 0.29) is 5.91 Å². The van der Waals surface area contributed by atoms with Crippen LogP contribution in [0.3, 0.4) is 0 Å². The van der Waals surface area contributed by atoms with Gasteiger partial charge in [0.05, 0.1) is 31.7 Å². The number of amides is 2. The molecule has 0 aliphatic heterocycles. The number of para-hydroxylation sites is 1. The molecule has 1 aliphatic rings. The summed E-state index contributed by atoms with van der Waals surface area (Å²) in [6.07, 6.45) is 0.292. The SMILES string of the molecule is COc1ccc(OC)c(NC(=O)C2CC2C(=O)Nc2c(F)cccc2F)c1. The minimum Gasteiger partial charge on any atom is -0.497 e. The number of hydrogen-bond acceptors (Lipinski definition) is 4. The molecule has 8 heteroatoms. The molecule has 2 aromatic carbocycles. The number of hydrogen-bond donors (Lipinski definition) is 2. The second kappa shape index (κ2) is 7.61. The number of halogens is 2. The van der Waals surface area contributed by atoms with Gasteiger partial charge in [-0.25, -0.2) is 8.78 Å². The maximum absolute atomic E-state index is 13.6. The molecule has 1 fully saturated rings. The first-order chi connectivity index (χ1) is 12.9. The molecule has 0 heterocycles. The minimum absolute atomic E-state index is 0.292. The quantitative estimate of drug-likeness (QED) is 0.812. The number of nitrogens with one attached hydrogen (secondary N) is 2. The summed E-state index contributed by atoms with van der Waals surface area (Å²) in [5.74, 6) is -2.98. The fourth-order valence-electron chi connectivity index (χ4n) is 2.74. The Labute approximate surface area is 154 Å². The van der Waals surface area contributed by atoms with Crippen LogP contribution in [0.25, 0.3) is 0 Å². The summed E-state index contributed by atoms with van der Waals surface area (Å²) in [5, 5.41) is 4.91. The third-order valence-corrected chi connectivity index (χ3v) is 4.34. The number of methoxy groups -OCH3 is 2. The van der Waals surface area contributed by atoms with Crippen molar-refractivity contribution >= 4 is 23.2 Å². The van der Waals surface area contributed by atoms with Crippen LogP contribution in [-0.4, -0.2) is 26.0 Å². The fraction of sp³-hybridized carbons (Fsp3) is 0.263. The molecule has 2 amide bonds. The molecule has 0 bridgehead atoms. The molecule has 6 nitrogen and oxygen atoms in total. The molecule has 0 spiro atoms. The summed E-state index contributed by atoms with van der Waals surface area (Å²) in [7, 11) is 2.96. The molecule has 0 aromatic heterocycles. The number of benzene rings is 2. The van der Waals surface area contributed by atoms with Gasteiger partial charge in [0.15, 0.2) is 0 Å². The van der Waals surface area contributed by atoms with Gasteiger partial charge in [-0.2, -0.15) is 0 Å². The van der Waals surface area contributed by atoms with Crippen LogP contribution in [0.4, 0.5) is 20.2 Å². The van der Waals surface area contributed by atoms with E-state index in [4.69, 9.17) is 9.47 Å². The molecule has 3 rings (SSSR count). The van der Waals surface area contributed by atoms with Crippen LogP contribution in [0, 0.1) is 23.5 Å². The van der Waals surface area contributed by atoms with Gasteiger partial charge in [0.1, 0.15) is 28.8 Å². The molecule has 2 aromatic rings. The van der Waals surface area contributed by atoms with E-state index in [1.807, 2.05) is 0 Å². The molecule has 2 atom stereocenters. The highest BCUT2D eigenvalue weighted by atomic mass is 19.1. The van der Waals surface area contributed by atoms with Gasteiger partial charge < -0.3 is 20.1 Å². The lowest BCUT2D eigenvalue weighted by molar-refractivity contribution is -0.122. The van der Waals surface area contributed by atoms with Crippen molar-refractivity contribution in [1.82, 2.24) is 0 Å². The number of carbonyl (C=O) groups is 2. The predicted molar refractivity (Wildman–Crippen MR) is 94.8 cm³/mol. The summed E-state index contributed by atoms with van der Waals surface area (Å²) in [6, 6.07) is 8.23. The average Bonchev–Trinajstić information content (AvgIpc) is 3.45. The summed E-state index contributed by atoms with van der Waals surface area (Å²) >= 11 is 0. The van der Waals surface area contributed by atoms with Crippen molar-refractivity contribution in [2.45, 2.75) is 6.42 Å². The highest BCUT2D eigenvalue weighted by Gasteiger charge is 2.48. The van der Waals surface area contributed by atoms with Gasteiger partial charge in [0.2, 0.25) is 11.8 Å². The highest BCUT2D eigenvalue weighted by Crippen LogP contribution is 2.41. The van der Waals surface area contributed by atoms with Crippen molar-refractivity contribution < 1.29 is 27.8 Å². The largest absolute Gasteiger partial charge is 0.497 e. The fourth-order valence-corrected chi connectivity index (χ4v) is 2.74. The molecule has 2 unspecified atom stereocenters. The van der Waals surface area contributed by atoms with Gasteiger partial charge in [0, 0.05) is 6.07 Å². The second-order valence-electron chi connectivity index (χ2n) is 6.09. The van der Waals surface area contributed by atoms with Crippen LogP contribution in [0.15, 0.2) is 36.4 Å². The van der Waals surface area contributed by atoms with Crippen LogP contribution >= 0.6 is 0 Å². The minimum atomic E-state index is -0.869.